The molecule has 4 aromatic rings. The molecule has 35 heavy (non-hydrogen) atoms. The first-order chi connectivity index (χ1) is 16.6. The molecule has 5 rings (SSSR count). The van der Waals surface area contributed by atoms with Crippen molar-refractivity contribution in [3.8, 4) is 17.6 Å². The summed E-state index contributed by atoms with van der Waals surface area (Å²) in [7, 11) is 0. The van der Waals surface area contributed by atoms with E-state index in [1.807, 2.05) is 0 Å². The molecule has 0 atom stereocenters. The number of anilines is 2. The largest absolute Gasteiger partial charge is 0.490 e. The van der Waals surface area contributed by atoms with Crippen molar-refractivity contribution in [1.29, 1.82) is 0 Å². The van der Waals surface area contributed by atoms with Gasteiger partial charge in [-0.1, -0.05) is 17.9 Å². The molecule has 0 radical (unpaired) electrons. The second-order valence-corrected chi connectivity index (χ2v) is 8.71. The molecule has 11 heteroatoms. The van der Waals surface area contributed by atoms with Crippen molar-refractivity contribution >= 4 is 28.2 Å². The van der Waals surface area contributed by atoms with Crippen LogP contribution in [0.1, 0.15) is 31.7 Å². The molecule has 0 bridgehead atoms. The fourth-order valence-corrected chi connectivity index (χ4v) is 3.89. The fourth-order valence-electron chi connectivity index (χ4n) is 3.89. The van der Waals surface area contributed by atoms with Gasteiger partial charge in [0.1, 0.15) is 17.1 Å². The molecular weight excluding hydrogens is 464 g/mol. The third kappa shape index (κ3) is 3.79. The van der Waals surface area contributed by atoms with Crippen LogP contribution in [0.3, 0.4) is 0 Å². The van der Waals surface area contributed by atoms with Crippen molar-refractivity contribution < 1.29 is 22.3 Å². The van der Waals surface area contributed by atoms with Gasteiger partial charge in [-0.05, 0) is 39.3 Å². The second-order valence-electron chi connectivity index (χ2n) is 8.71. The maximum Gasteiger partial charge on any atom is 0.404 e. The van der Waals surface area contributed by atoms with Gasteiger partial charge in [0.25, 0.3) is 5.78 Å². The van der Waals surface area contributed by atoms with E-state index in [9.17, 15) is 13.2 Å². The summed E-state index contributed by atoms with van der Waals surface area (Å²) in [5.74, 6) is 5.80. The van der Waals surface area contributed by atoms with Gasteiger partial charge in [0, 0.05) is 6.54 Å². The Hall–Kier alpha value is -3.94. The standard InChI is InChI=1S/C24H20F4N6O/c1-14-31-32-22-30-21(19-16(25)12-29-13-18(19)34(14)22)33-10-5-11-35-20-15(6-4-7-17(20)33)8-9-23(2,3)24(26,27)28/h4,6-7,12-13H,5,10-11H2,1-3H3. The lowest BCUT2D eigenvalue weighted by molar-refractivity contribution is -0.190. The number of alkyl halides is 3. The molecule has 7 nitrogen and oxygen atoms in total. The Morgan fingerprint density at radius 3 is 2.69 bits per heavy atom. The maximum absolute atomic E-state index is 15.1. The van der Waals surface area contributed by atoms with Gasteiger partial charge in [0.15, 0.2) is 11.6 Å². The molecule has 0 saturated carbocycles. The average Bonchev–Trinajstić information content (AvgIpc) is 3.04. The molecule has 0 saturated heterocycles. The number of nitrogens with zero attached hydrogens (tertiary/aromatic N) is 6. The van der Waals surface area contributed by atoms with Crippen LogP contribution in [-0.4, -0.2) is 43.9 Å². The van der Waals surface area contributed by atoms with E-state index in [-0.39, 0.29) is 17.0 Å². The normalized spacial score (nSPS) is 14.3. The average molecular weight is 484 g/mol. The van der Waals surface area contributed by atoms with Crippen molar-refractivity contribution in [3.63, 3.8) is 0 Å². The third-order valence-electron chi connectivity index (χ3n) is 5.89. The van der Waals surface area contributed by atoms with Crippen LogP contribution in [0.4, 0.5) is 29.1 Å². The Balaban J connectivity index is 1.72. The molecule has 0 fully saturated rings. The summed E-state index contributed by atoms with van der Waals surface area (Å²) in [4.78, 5) is 10.4. The number of aryl methyl sites for hydroxylation is 1. The van der Waals surface area contributed by atoms with E-state index in [0.29, 0.717) is 47.9 Å². The zero-order valence-electron chi connectivity index (χ0n) is 19.1. The van der Waals surface area contributed by atoms with Gasteiger partial charge in [-0.25, -0.2) is 4.39 Å². The Morgan fingerprint density at radius 1 is 1.11 bits per heavy atom. The highest BCUT2D eigenvalue weighted by Crippen LogP contribution is 2.41. The van der Waals surface area contributed by atoms with Gasteiger partial charge in [0.05, 0.1) is 41.2 Å². The van der Waals surface area contributed by atoms with Gasteiger partial charge < -0.3 is 9.64 Å². The van der Waals surface area contributed by atoms with Crippen LogP contribution < -0.4 is 9.64 Å². The van der Waals surface area contributed by atoms with Gasteiger partial charge in [-0.15, -0.1) is 10.2 Å². The zero-order valence-corrected chi connectivity index (χ0v) is 19.1. The highest BCUT2D eigenvalue weighted by atomic mass is 19.4. The molecule has 0 N–H and O–H groups in total. The highest BCUT2D eigenvalue weighted by molar-refractivity contribution is 5.94. The minimum atomic E-state index is -4.49. The Labute approximate surface area is 197 Å². The monoisotopic (exact) mass is 484 g/mol. The van der Waals surface area contributed by atoms with E-state index >= 15 is 4.39 Å². The molecule has 0 unspecified atom stereocenters. The van der Waals surface area contributed by atoms with Crippen molar-refractivity contribution in [3.05, 3.63) is 47.8 Å². The zero-order chi connectivity index (χ0) is 25.0. The number of ether oxygens (including phenoxy) is 1. The van der Waals surface area contributed by atoms with Crippen LogP contribution in [0.15, 0.2) is 30.6 Å². The van der Waals surface area contributed by atoms with Gasteiger partial charge >= 0.3 is 6.18 Å². The molecule has 3 aromatic heterocycles. The van der Waals surface area contributed by atoms with Crippen molar-refractivity contribution in [2.24, 2.45) is 5.41 Å². The predicted molar refractivity (Wildman–Crippen MR) is 121 cm³/mol. The van der Waals surface area contributed by atoms with Crippen LogP contribution in [0.25, 0.3) is 16.7 Å². The third-order valence-corrected chi connectivity index (χ3v) is 5.89. The maximum atomic E-state index is 15.1. The summed E-state index contributed by atoms with van der Waals surface area (Å²) < 4.78 is 62.7. The summed E-state index contributed by atoms with van der Waals surface area (Å²) >= 11 is 0. The summed E-state index contributed by atoms with van der Waals surface area (Å²) in [5.41, 5.74) is -0.936. The number of halogens is 4. The molecule has 1 aromatic carbocycles. The highest BCUT2D eigenvalue weighted by Gasteiger charge is 2.46. The summed E-state index contributed by atoms with van der Waals surface area (Å²) in [6.07, 6.45) is -1.31. The topological polar surface area (TPSA) is 68.4 Å². The van der Waals surface area contributed by atoms with Crippen LogP contribution in [0.5, 0.6) is 5.75 Å². The Bertz CT molecular complexity index is 1520. The first-order valence-electron chi connectivity index (χ1n) is 10.9. The first-order valence-corrected chi connectivity index (χ1v) is 10.9. The van der Waals surface area contributed by atoms with Crippen molar-refractivity contribution in [2.45, 2.75) is 33.4 Å². The van der Waals surface area contributed by atoms with E-state index in [1.165, 1.54) is 6.20 Å². The number of aromatic nitrogens is 5. The van der Waals surface area contributed by atoms with Crippen LogP contribution >= 0.6 is 0 Å². The lowest BCUT2D eigenvalue weighted by Crippen LogP contribution is -2.30. The summed E-state index contributed by atoms with van der Waals surface area (Å²) in [6, 6.07) is 5.01. The van der Waals surface area contributed by atoms with Crippen LogP contribution in [0, 0.1) is 30.0 Å². The lowest BCUT2D eigenvalue weighted by Gasteiger charge is -2.25. The van der Waals surface area contributed by atoms with Crippen LogP contribution in [0.2, 0.25) is 0 Å². The Morgan fingerprint density at radius 2 is 1.91 bits per heavy atom. The molecule has 0 amide bonds. The molecule has 0 spiro atoms. The quantitative estimate of drug-likeness (QED) is 0.280. The van der Waals surface area contributed by atoms with E-state index in [4.69, 9.17) is 4.74 Å². The minimum absolute atomic E-state index is 0.220. The van der Waals surface area contributed by atoms with E-state index in [0.717, 1.165) is 20.0 Å². The van der Waals surface area contributed by atoms with Gasteiger partial charge in [0.2, 0.25) is 0 Å². The molecule has 0 aliphatic carbocycles. The fraction of sp³-hybridized carbons (Fsp3) is 0.333. The number of pyridine rings is 1. The van der Waals surface area contributed by atoms with Crippen molar-refractivity contribution in [1.82, 2.24) is 24.6 Å². The summed E-state index contributed by atoms with van der Waals surface area (Å²) in [5, 5.41) is 8.37. The molecular formula is C24H20F4N6O. The Kier molecular flexibility index (Phi) is 5.27. The number of hydrogen-bond acceptors (Lipinski definition) is 6. The molecule has 4 heterocycles. The number of benzene rings is 1. The number of fused-ring (bicyclic) bond motifs is 4. The van der Waals surface area contributed by atoms with Crippen LogP contribution in [-0.2, 0) is 0 Å². The lowest BCUT2D eigenvalue weighted by atomic mass is 9.93. The SMILES string of the molecule is Cc1nnc2nc(N3CCCOc4c(C#CC(C)(C)C(F)(F)F)cccc43)c3c(F)cncc3n12. The smallest absolute Gasteiger partial charge is 0.404 e. The number of para-hydroxylation sites is 1. The van der Waals surface area contributed by atoms with E-state index < -0.39 is 17.4 Å². The van der Waals surface area contributed by atoms with E-state index in [2.05, 4.69) is 32.0 Å². The van der Waals surface area contributed by atoms with Gasteiger partial charge in [-0.2, -0.15) is 18.2 Å². The van der Waals surface area contributed by atoms with Gasteiger partial charge in [-0.3, -0.25) is 9.38 Å². The predicted octanol–water partition coefficient (Wildman–Crippen LogP) is 4.98. The molecule has 1 aliphatic rings. The molecule has 1 aliphatic heterocycles. The first kappa shape index (κ1) is 22.8. The second kappa shape index (κ2) is 8.08. The number of hydrogen-bond donors (Lipinski definition) is 0. The van der Waals surface area contributed by atoms with Crippen molar-refractivity contribution in [2.75, 3.05) is 18.1 Å². The van der Waals surface area contributed by atoms with E-state index in [1.54, 1.807) is 34.4 Å². The summed E-state index contributed by atoms with van der Waals surface area (Å²) in [6.45, 7) is 4.51. The minimum Gasteiger partial charge on any atom is -0.490 e. The number of rotatable bonds is 1. The molecule has 180 valence electrons.